The highest BCUT2D eigenvalue weighted by atomic mass is 32.2. The number of hydrogen-bond acceptors (Lipinski definition) is 2. The highest BCUT2D eigenvalue weighted by molar-refractivity contribution is 7.99. The van der Waals surface area contributed by atoms with Crippen molar-refractivity contribution in [3.05, 3.63) is 35.4 Å². The number of hydrogen-bond donors (Lipinski definition) is 1. The normalized spacial score (nSPS) is 14.9. The van der Waals surface area contributed by atoms with Gasteiger partial charge < -0.3 is 5.11 Å². The van der Waals surface area contributed by atoms with Gasteiger partial charge in [0.2, 0.25) is 0 Å². The van der Waals surface area contributed by atoms with Gasteiger partial charge in [-0.3, -0.25) is 0 Å². The van der Waals surface area contributed by atoms with Gasteiger partial charge in [0.15, 0.2) is 0 Å². The van der Waals surface area contributed by atoms with E-state index < -0.39 is 0 Å². The molecule has 0 saturated heterocycles. The van der Waals surface area contributed by atoms with Crippen molar-refractivity contribution in [2.24, 2.45) is 0 Å². The van der Waals surface area contributed by atoms with Crippen molar-refractivity contribution in [3.63, 3.8) is 0 Å². The van der Waals surface area contributed by atoms with Gasteiger partial charge in [0.1, 0.15) is 0 Å². The third-order valence-electron chi connectivity index (χ3n) is 2.54. The molecule has 1 rings (SSSR count). The Labute approximate surface area is 96.9 Å². The van der Waals surface area contributed by atoms with Crippen LogP contribution in [-0.4, -0.2) is 16.1 Å². The number of thioether (sulfide) groups is 1. The Bertz CT molecular complexity index is 298. The number of benzene rings is 1. The molecule has 0 aromatic heterocycles. The lowest BCUT2D eigenvalue weighted by molar-refractivity contribution is 0.204. The van der Waals surface area contributed by atoms with Gasteiger partial charge in [0.05, 0.1) is 6.10 Å². The molecule has 1 nitrogen and oxygen atoms in total. The Balaban J connectivity index is 2.50. The Kier molecular flexibility index (Phi) is 5.20. The van der Waals surface area contributed by atoms with Gasteiger partial charge in [-0.1, -0.05) is 43.7 Å². The van der Waals surface area contributed by atoms with E-state index in [1.807, 2.05) is 23.9 Å². The molecule has 1 aromatic rings. The van der Waals surface area contributed by atoms with Crippen LogP contribution in [0.2, 0.25) is 0 Å². The van der Waals surface area contributed by atoms with E-state index in [-0.39, 0.29) is 6.10 Å². The number of aliphatic hydroxyl groups is 1. The zero-order valence-corrected chi connectivity index (χ0v) is 10.6. The van der Waals surface area contributed by atoms with E-state index in [0.29, 0.717) is 5.25 Å². The maximum absolute atomic E-state index is 9.97. The molecule has 2 unspecified atom stereocenters. The van der Waals surface area contributed by atoms with E-state index in [0.717, 1.165) is 17.7 Å². The van der Waals surface area contributed by atoms with E-state index in [4.69, 9.17) is 0 Å². The lowest BCUT2D eigenvalue weighted by atomic mass is 10.1. The lowest BCUT2D eigenvalue weighted by Crippen LogP contribution is -2.04. The molecule has 1 N–H and O–H groups in total. The predicted molar refractivity (Wildman–Crippen MR) is 68.3 cm³/mol. The highest BCUT2D eigenvalue weighted by Crippen LogP contribution is 2.22. The van der Waals surface area contributed by atoms with Crippen LogP contribution in [0.4, 0.5) is 0 Å². The molecule has 0 amide bonds. The molecule has 15 heavy (non-hydrogen) atoms. The maximum Gasteiger partial charge on any atom is 0.0880 e. The summed E-state index contributed by atoms with van der Waals surface area (Å²) in [5.74, 6) is 0.790. The largest absolute Gasteiger partial charge is 0.388 e. The van der Waals surface area contributed by atoms with Gasteiger partial charge in [-0.05, 0) is 18.9 Å². The number of aryl methyl sites for hydroxylation is 1. The van der Waals surface area contributed by atoms with Crippen molar-refractivity contribution in [1.29, 1.82) is 0 Å². The van der Waals surface area contributed by atoms with Crippen LogP contribution in [0.5, 0.6) is 0 Å². The number of aliphatic hydroxyl groups excluding tert-OH is 1. The predicted octanol–water partition coefficient (Wildman–Crippen LogP) is 3.56. The summed E-state index contributed by atoms with van der Waals surface area (Å²) in [4.78, 5) is 0. The van der Waals surface area contributed by atoms with Crippen molar-refractivity contribution < 1.29 is 5.11 Å². The van der Waals surface area contributed by atoms with Crippen molar-refractivity contribution in [2.45, 2.75) is 38.5 Å². The second-order valence-corrected chi connectivity index (χ2v) is 5.45. The standard InChI is InChI=1S/C13H20OS/c1-4-11(3)15-9-13(14)12-7-5-6-10(2)8-12/h5-8,11,13-14H,4,9H2,1-3H3. The van der Waals surface area contributed by atoms with Crippen molar-refractivity contribution in [3.8, 4) is 0 Å². The van der Waals surface area contributed by atoms with E-state index in [1.54, 1.807) is 0 Å². The van der Waals surface area contributed by atoms with E-state index in [1.165, 1.54) is 5.56 Å². The minimum absolute atomic E-state index is 0.330. The molecule has 84 valence electrons. The van der Waals surface area contributed by atoms with Gasteiger partial charge in [0, 0.05) is 11.0 Å². The molecule has 0 heterocycles. The zero-order chi connectivity index (χ0) is 11.3. The van der Waals surface area contributed by atoms with Crippen LogP contribution in [-0.2, 0) is 0 Å². The third-order valence-corrected chi connectivity index (χ3v) is 3.95. The van der Waals surface area contributed by atoms with Crippen LogP contribution in [0.25, 0.3) is 0 Å². The molecular weight excluding hydrogens is 204 g/mol. The smallest absolute Gasteiger partial charge is 0.0880 e. The monoisotopic (exact) mass is 224 g/mol. The maximum atomic E-state index is 9.97. The SMILES string of the molecule is CCC(C)SCC(O)c1cccc(C)c1. The van der Waals surface area contributed by atoms with Gasteiger partial charge >= 0.3 is 0 Å². The first kappa shape index (κ1) is 12.6. The second kappa shape index (κ2) is 6.19. The summed E-state index contributed by atoms with van der Waals surface area (Å²) in [6.07, 6.45) is 0.828. The minimum Gasteiger partial charge on any atom is -0.388 e. The second-order valence-electron chi connectivity index (χ2n) is 3.98. The van der Waals surface area contributed by atoms with Gasteiger partial charge in [-0.15, -0.1) is 0 Å². The highest BCUT2D eigenvalue weighted by Gasteiger charge is 2.09. The van der Waals surface area contributed by atoms with Crippen LogP contribution in [0.1, 0.15) is 37.5 Å². The fraction of sp³-hybridized carbons (Fsp3) is 0.538. The first-order valence-electron chi connectivity index (χ1n) is 5.49. The Morgan fingerprint density at radius 3 is 2.73 bits per heavy atom. The van der Waals surface area contributed by atoms with Gasteiger partial charge in [-0.25, -0.2) is 0 Å². The fourth-order valence-electron chi connectivity index (χ4n) is 1.35. The molecule has 0 saturated carbocycles. The average Bonchev–Trinajstić information content (AvgIpc) is 2.25. The molecule has 0 aliphatic heterocycles. The molecule has 0 spiro atoms. The number of rotatable bonds is 5. The molecular formula is C13H20OS. The van der Waals surface area contributed by atoms with Crippen LogP contribution in [0.3, 0.4) is 0 Å². The van der Waals surface area contributed by atoms with Crippen LogP contribution >= 0.6 is 11.8 Å². The van der Waals surface area contributed by atoms with Crippen molar-refractivity contribution in [1.82, 2.24) is 0 Å². The lowest BCUT2D eigenvalue weighted by Gasteiger charge is -2.14. The van der Waals surface area contributed by atoms with Crippen molar-refractivity contribution >= 4 is 11.8 Å². The third kappa shape index (κ3) is 4.27. The van der Waals surface area contributed by atoms with Crippen LogP contribution in [0.15, 0.2) is 24.3 Å². The summed E-state index contributed by atoms with van der Waals surface area (Å²) in [6, 6.07) is 8.11. The summed E-state index contributed by atoms with van der Waals surface area (Å²) in [5.41, 5.74) is 2.24. The first-order chi connectivity index (χ1) is 7.13. The van der Waals surface area contributed by atoms with Gasteiger partial charge in [0.25, 0.3) is 0 Å². The molecule has 0 fully saturated rings. The molecule has 2 atom stereocenters. The molecule has 0 bridgehead atoms. The zero-order valence-electron chi connectivity index (χ0n) is 9.73. The van der Waals surface area contributed by atoms with Crippen LogP contribution < -0.4 is 0 Å². The molecule has 1 aromatic carbocycles. The molecule has 0 radical (unpaired) electrons. The Hall–Kier alpha value is -0.470. The van der Waals surface area contributed by atoms with E-state index >= 15 is 0 Å². The van der Waals surface area contributed by atoms with Gasteiger partial charge in [-0.2, -0.15) is 11.8 Å². The minimum atomic E-state index is -0.330. The average molecular weight is 224 g/mol. The molecule has 2 heteroatoms. The van der Waals surface area contributed by atoms with Crippen molar-refractivity contribution in [2.75, 3.05) is 5.75 Å². The summed E-state index contributed by atoms with van der Waals surface area (Å²) < 4.78 is 0. The van der Waals surface area contributed by atoms with E-state index in [2.05, 4.69) is 32.9 Å². The summed E-state index contributed by atoms with van der Waals surface area (Å²) in [6.45, 7) is 6.43. The molecule has 0 aliphatic carbocycles. The summed E-state index contributed by atoms with van der Waals surface area (Å²) >= 11 is 1.84. The first-order valence-corrected chi connectivity index (χ1v) is 6.54. The van der Waals surface area contributed by atoms with Crippen LogP contribution in [0, 0.1) is 6.92 Å². The molecule has 0 aliphatic rings. The quantitative estimate of drug-likeness (QED) is 0.825. The summed E-state index contributed by atoms with van der Waals surface area (Å²) in [7, 11) is 0. The fourth-order valence-corrected chi connectivity index (χ4v) is 2.29. The Morgan fingerprint density at radius 1 is 1.40 bits per heavy atom. The Morgan fingerprint density at radius 2 is 2.13 bits per heavy atom. The summed E-state index contributed by atoms with van der Waals surface area (Å²) in [5, 5.41) is 10.6. The van der Waals surface area contributed by atoms with E-state index in [9.17, 15) is 5.11 Å². The topological polar surface area (TPSA) is 20.2 Å².